The number of para-hydroxylation sites is 1. The summed E-state index contributed by atoms with van der Waals surface area (Å²) in [4.78, 5) is 14.2. The molecule has 2 rings (SSSR count). The number of aliphatic carboxylic acids is 1. The molecule has 0 saturated carbocycles. The van der Waals surface area contributed by atoms with E-state index >= 15 is 0 Å². The molecule has 1 heterocycles. The molecule has 1 aliphatic rings. The fraction of sp³-hybridized carbons (Fsp3) is 0.385. The molecule has 0 saturated heterocycles. The Hall–Kier alpha value is -1.84. The first-order chi connectivity index (χ1) is 7.98. The standard InChI is InChI=1S/C13H15NO3/c1-13(2)6-9-4-3-5-10(12(9)17-13)7-14-8-11(15)16/h3-5,7H,6,8H2,1-2H3,(H,15,16). The third-order valence-corrected chi connectivity index (χ3v) is 2.58. The van der Waals surface area contributed by atoms with E-state index in [4.69, 9.17) is 9.84 Å². The predicted molar refractivity (Wildman–Crippen MR) is 64.9 cm³/mol. The monoisotopic (exact) mass is 233 g/mol. The maximum atomic E-state index is 10.4. The van der Waals surface area contributed by atoms with Crippen LogP contribution in [0.2, 0.25) is 0 Å². The summed E-state index contributed by atoms with van der Waals surface area (Å²) in [6.45, 7) is 3.85. The molecule has 1 aromatic rings. The van der Waals surface area contributed by atoms with Crippen LogP contribution < -0.4 is 4.74 Å². The van der Waals surface area contributed by atoms with E-state index in [0.29, 0.717) is 0 Å². The third kappa shape index (κ3) is 2.64. The van der Waals surface area contributed by atoms with Crippen LogP contribution >= 0.6 is 0 Å². The summed E-state index contributed by atoms with van der Waals surface area (Å²) in [5.41, 5.74) is 1.79. The highest BCUT2D eigenvalue weighted by Crippen LogP contribution is 2.36. The van der Waals surface area contributed by atoms with Gasteiger partial charge >= 0.3 is 5.97 Å². The molecule has 0 bridgehead atoms. The second kappa shape index (κ2) is 4.20. The van der Waals surface area contributed by atoms with Crippen molar-refractivity contribution in [3.8, 4) is 5.75 Å². The van der Waals surface area contributed by atoms with Crippen LogP contribution in [0.1, 0.15) is 25.0 Å². The number of carbonyl (C=O) groups is 1. The SMILES string of the molecule is CC1(C)Cc2cccc(C=NCC(=O)O)c2O1. The first-order valence-electron chi connectivity index (χ1n) is 5.50. The van der Waals surface area contributed by atoms with Gasteiger partial charge in [-0.1, -0.05) is 12.1 Å². The van der Waals surface area contributed by atoms with Crippen molar-refractivity contribution in [3.63, 3.8) is 0 Å². The second-order valence-electron chi connectivity index (χ2n) is 4.74. The summed E-state index contributed by atoms with van der Waals surface area (Å²) in [5.74, 6) is -0.110. The Morgan fingerprint density at radius 1 is 1.59 bits per heavy atom. The number of carboxylic acids is 1. The van der Waals surface area contributed by atoms with Crippen molar-refractivity contribution < 1.29 is 14.6 Å². The molecule has 4 nitrogen and oxygen atoms in total. The number of aliphatic imine (C=N–C) groups is 1. The normalized spacial score (nSPS) is 16.8. The van der Waals surface area contributed by atoms with Crippen LogP contribution in [-0.2, 0) is 11.2 Å². The van der Waals surface area contributed by atoms with Crippen LogP contribution in [0.15, 0.2) is 23.2 Å². The van der Waals surface area contributed by atoms with Crippen LogP contribution in [0.5, 0.6) is 5.75 Å². The maximum absolute atomic E-state index is 10.4. The second-order valence-corrected chi connectivity index (χ2v) is 4.74. The summed E-state index contributed by atoms with van der Waals surface area (Å²) in [5, 5.41) is 8.52. The Balaban J connectivity index is 2.24. The molecule has 0 fully saturated rings. The Morgan fingerprint density at radius 3 is 3.06 bits per heavy atom. The van der Waals surface area contributed by atoms with E-state index in [9.17, 15) is 4.79 Å². The Labute approximate surface area is 99.9 Å². The number of rotatable bonds is 3. The Morgan fingerprint density at radius 2 is 2.35 bits per heavy atom. The molecule has 1 aromatic carbocycles. The van der Waals surface area contributed by atoms with Gasteiger partial charge in [0.25, 0.3) is 0 Å². The maximum Gasteiger partial charge on any atom is 0.325 e. The highest BCUT2D eigenvalue weighted by atomic mass is 16.5. The van der Waals surface area contributed by atoms with E-state index < -0.39 is 5.97 Å². The molecule has 0 aromatic heterocycles. The van der Waals surface area contributed by atoms with E-state index in [0.717, 1.165) is 23.3 Å². The average Bonchev–Trinajstić information content (AvgIpc) is 2.52. The minimum absolute atomic E-state index is 0.195. The van der Waals surface area contributed by atoms with Crippen LogP contribution in [0.25, 0.3) is 0 Å². The van der Waals surface area contributed by atoms with Crippen molar-refractivity contribution in [3.05, 3.63) is 29.3 Å². The van der Waals surface area contributed by atoms with Crippen LogP contribution in [0.4, 0.5) is 0 Å². The van der Waals surface area contributed by atoms with Gasteiger partial charge in [0.15, 0.2) is 0 Å². The average molecular weight is 233 g/mol. The molecule has 90 valence electrons. The highest BCUT2D eigenvalue weighted by Gasteiger charge is 2.31. The highest BCUT2D eigenvalue weighted by molar-refractivity contribution is 5.86. The molecule has 1 aliphatic heterocycles. The van der Waals surface area contributed by atoms with E-state index in [1.54, 1.807) is 6.21 Å². The van der Waals surface area contributed by atoms with Gasteiger partial charge in [-0.2, -0.15) is 0 Å². The topological polar surface area (TPSA) is 58.9 Å². The lowest BCUT2D eigenvalue weighted by molar-refractivity contribution is -0.135. The number of fused-ring (bicyclic) bond motifs is 1. The molecule has 4 heteroatoms. The van der Waals surface area contributed by atoms with E-state index in [1.165, 1.54) is 0 Å². The molecule has 0 radical (unpaired) electrons. The summed E-state index contributed by atoms with van der Waals surface area (Å²) < 4.78 is 5.84. The first-order valence-corrected chi connectivity index (χ1v) is 5.50. The molecule has 0 atom stereocenters. The lowest BCUT2D eigenvalue weighted by atomic mass is 10.0. The molecule has 17 heavy (non-hydrogen) atoms. The molecule has 0 amide bonds. The minimum atomic E-state index is -0.935. The van der Waals surface area contributed by atoms with Crippen LogP contribution in [0, 0.1) is 0 Å². The zero-order valence-corrected chi connectivity index (χ0v) is 9.93. The quantitative estimate of drug-likeness (QED) is 0.811. The number of carboxylic acid groups (broad SMARTS) is 1. The number of hydrogen-bond donors (Lipinski definition) is 1. The number of nitrogens with zero attached hydrogens (tertiary/aromatic N) is 1. The van der Waals surface area contributed by atoms with Gasteiger partial charge in [-0.3, -0.25) is 9.79 Å². The van der Waals surface area contributed by atoms with Crippen LogP contribution in [0.3, 0.4) is 0 Å². The number of ether oxygens (including phenoxy) is 1. The van der Waals surface area contributed by atoms with E-state index in [-0.39, 0.29) is 12.1 Å². The van der Waals surface area contributed by atoms with Gasteiger partial charge < -0.3 is 9.84 Å². The van der Waals surface area contributed by atoms with Gasteiger partial charge in [0, 0.05) is 18.2 Å². The van der Waals surface area contributed by atoms with Crippen molar-refractivity contribution in [2.24, 2.45) is 4.99 Å². The summed E-state index contributed by atoms with van der Waals surface area (Å²) in [6, 6.07) is 5.84. The predicted octanol–water partition coefficient (Wildman–Crippen LogP) is 1.90. The largest absolute Gasteiger partial charge is 0.487 e. The van der Waals surface area contributed by atoms with Crippen molar-refractivity contribution in [1.29, 1.82) is 0 Å². The number of hydrogen-bond acceptors (Lipinski definition) is 3. The summed E-state index contributed by atoms with van der Waals surface area (Å²) in [7, 11) is 0. The Kier molecular flexibility index (Phi) is 2.88. The lowest BCUT2D eigenvalue weighted by Crippen LogP contribution is -2.24. The van der Waals surface area contributed by atoms with Crippen molar-refractivity contribution in [1.82, 2.24) is 0 Å². The van der Waals surface area contributed by atoms with Gasteiger partial charge in [-0.15, -0.1) is 0 Å². The fourth-order valence-electron chi connectivity index (χ4n) is 1.96. The molecular weight excluding hydrogens is 218 g/mol. The van der Waals surface area contributed by atoms with Gasteiger partial charge in [0.1, 0.15) is 17.9 Å². The van der Waals surface area contributed by atoms with E-state index in [1.807, 2.05) is 32.0 Å². The molecule has 1 N–H and O–H groups in total. The minimum Gasteiger partial charge on any atom is -0.487 e. The molecule has 0 unspecified atom stereocenters. The number of benzene rings is 1. The van der Waals surface area contributed by atoms with Gasteiger partial charge in [0.2, 0.25) is 0 Å². The van der Waals surface area contributed by atoms with Gasteiger partial charge in [-0.25, -0.2) is 0 Å². The van der Waals surface area contributed by atoms with Crippen molar-refractivity contribution >= 4 is 12.2 Å². The lowest BCUT2D eigenvalue weighted by Gasteiger charge is -2.17. The zero-order chi connectivity index (χ0) is 12.5. The van der Waals surface area contributed by atoms with Gasteiger partial charge in [0.05, 0.1) is 0 Å². The third-order valence-electron chi connectivity index (χ3n) is 2.58. The van der Waals surface area contributed by atoms with Crippen molar-refractivity contribution in [2.75, 3.05) is 6.54 Å². The molecule has 0 aliphatic carbocycles. The smallest absolute Gasteiger partial charge is 0.325 e. The Bertz CT molecular complexity index is 478. The zero-order valence-electron chi connectivity index (χ0n) is 9.93. The van der Waals surface area contributed by atoms with Crippen molar-refractivity contribution in [2.45, 2.75) is 25.9 Å². The first kappa shape index (κ1) is 11.6. The van der Waals surface area contributed by atoms with Crippen LogP contribution in [-0.4, -0.2) is 29.4 Å². The molecule has 0 spiro atoms. The fourth-order valence-corrected chi connectivity index (χ4v) is 1.96. The summed E-state index contributed by atoms with van der Waals surface area (Å²) in [6.07, 6.45) is 2.43. The summed E-state index contributed by atoms with van der Waals surface area (Å²) >= 11 is 0. The van der Waals surface area contributed by atoms with Gasteiger partial charge in [-0.05, 0) is 25.5 Å². The molecular formula is C13H15NO3. The van der Waals surface area contributed by atoms with E-state index in [2.05, 4.69) is 4.99 Å².